The lowest BCUT2D eigenvalue weighted by Crippen LogP contribution is -2.44. The number of aromatic nitrogens is 2. The lowest BCUT2D eigenvalue weighted by atomic mass is 10.1. The molecule has 0 bridgehead atoms. The van der Waals surface area contributed by atoms with Crippen molar-refractivity contribution in [1.82, 2.24) is 19.6 Å². The molecule has 0 aromatic carbocycles. The molecule has 1 aliphatic heterocycles. The summed E-state index contributed by atoms with van der Waals surface area (Å²) in [5.74, 6) is -2.88. The highest BCUT2D eigenvalue weighted by molar-refractivity contribution is 5.69. The average Bonchev–Trinajstić information content (AvgIpc) is 2.90. The molecule has 0 N–H and O–H groups in total. The molecular formula is C16H26F2N4O2. The van der Waals surface area contributed by atoms with Gasteiger partial charge in [-0.05, 0) is 27.8 Å². The van der Waals surface area contributed by atoms with Crippen LogP contribution in [0, 0.1) is 0 Å². The molecule has 2 heterocycles. The standard InChI is InChI=1S/C16H26F2N4O2/c1-15(2,3)24-14(23)22-11-16(17,18)6-13(22)10-20(4)8-12-7-19-21(5)9-12/h7,9,13H,6,8,10-11H2,1-5H3/t13-/m1/s1. The molecule has 0 unspecified atom stereocenters. The van der Waals surface area contributed by atoms with Crippen molar-refractivity contribution >= 4 is 6.09 Å². The summed E-state index contributed by atoms with van der Waals surface area (Å²) in [5, 5.41) is 4.09. The van der Waals surface area contributed by atoms with Gasteiger partial charge in [0.1, 0.15) is 5.60 Å². The van der Waals surface area contributed by atoms with Crippen molar-refractivity contribution in [3.8, 4) is 0 Å². The Kier molecular flexibility index (Phi) is 5.17. The summed E-state index contributed by atoms with van der Waals surface area (Å²) in [6.07, 6.45) is 2.60. The van der Waals surface area contributed by atoms with E-state index in [9.17, 15) is 13.6 Å². The van der Waals surface area contributed by atoms with Crippen LogP contribution >= 0.6 is 0 Å². The van der Waals surface area contributed by atoms with Crippen LogP contribution in [0.25, 0.3) is 0 Å². The number of likely N-dealkylation sites (tertiary alicyclic amines) is 1. The van der Waals surface area contributed by atoms with Crippen molar-refractivity contribution in [3.05, 3.63) is 18.0 Å². The van der Waals surface area contributed by atoms with Crippen LogP contribution in [0.3, 0.4) is 0 Å². The van der Waals surface area contributed by atoms with Crippen LogP contribution in [0.5, 0.6) is 0 Å². The maximum absolute atomic E-state index is 13.8. The van der Waals surface area contributed by atoms with E-state index in [0.717, 1.165) is 10.5 Å². The number of rotatable bonds is 4. The van der Waals surface area contributed by atoms with Gasteiger partial charge in [-0.1, -0.05) is 0 Å². The summed E-state index contributed by atoms with van der Waals surface area (Å²) in [6.45, 7) is 5.52. The predicted molar refractivity (Wildman–Crippen MR) is 85.8 cm³/mol. The minimum atomic E-state index is -2.88. The first kappa shape index (κ1) is 18.6. The van der Waals surface area contributed by atoms with E-state index in [4.69, 9.17) is 4.74 Å². The van der Waals surface area contributed by atoms with Gasteiger partial charge in [0, 0.05) is 38.3 Å². The highest BCUT2D eigenvalue weighted by Gasteiger charge is 2.48. The summed E-state index contributed by atoms with van der Waals surface area (Å²) in [5.41, 5.74) is 0.287. The Morgan fingerprint density at radius 1 is 1.50 bits per heavy atom. The minimum Gasteiger partial charge on any atom is -0.444 e. The van der Waals surface area contributed by atoms with E-state index in [0.29, 0.717) is 13.1 Å². The lowest BCUT2D eigenvalue weighted by molar-refractivity contribution is -0.00261. The number of carbonyl (C=O) groups is 1. The Balaban J connectivity index is 2.01. The molecule has 1 aromatic heterocycles. The maximum atomic E-state index is 13.8. The van der Waals surface area contributed by atoms with E-state index in [2.05, 4.69) is 5.10 Å². The number of halogens is 2. The molecule has 2 rings (SSSR count). The fourth-order valence-corrected chi connectivity index (χ4v) is 2.88. The van der Waals surface area contributed by atoms with E-state index in [1.807, 2.05) is 25.2 Å². The molecule has 1 aliphatic rings. The summed E-state index contributed by atoms with van der Waals surface area (Å²) >= 11 is 0. The van der Waals surface area contributed by atoms with Gasteiger partial charge < -0.3 is 4.74 Å². The molecule has 1 saturated heterocycles. The molecule has 0 spiro atoms. The predicted octanol–water partition coefficient (Wildman–Crippen LogP) is 2.50. The summed E-state index contributed by atoms with van der Waals surface area (Å²) in [7, 11) is 3.67. The number of nitrogens with zero attached hydrogens (tertiary/aromatic N) is 4. The van der Waals surface area contributed by atoms with Gasteiger partial charge in [0.2, 0.25) is 0 Å². The second-order valence-electron chi connectivity index (χ2n) is 7.54. The zero-order valence-corrected chi connectivity index (χ0v) is 14.9. The lowest BCUT2D eigenvalue weighted by Gasteiger charge is -2.30. The molecule has 8 heteroatoms. The fraction of sp³-hybridized carbons (Fsp3) is 0.750. The van der Waals surface area contributed by atoms with Crippen LogP contribution < -0.4 is 0 Å². The fourth-order valence-electron chi connectivity index (χ4n) is 2.88. The molecule has 1 aromatic rings. The van der Waals surface area contributed by atoms with Crippen molar-refractivity contribution in [2.45, 2.75) is 51.3 Å². The van der Waals surface area contributed by atoms with Crippen molar-refractivity contribution < 1.29 is 18.3 Å². The van der Waals surface area contributed by atoms with E-state index < -0.39 is 30.2 Å². The van der Waals surface area contributed by atoms with Crippen LogP contribution in [0.15, 0.2) is 12.4 Å². The molecule has 6 nitrogen and oxygen atoms in total. The van der Waals surface area contributed by atoms with E-state index >= 15 is 0 Å². The van der Waals surface area contributed by atoms with Crippen LogP contribution in [0.1, 0.15) is 32.8 Å². The van der Waals surface area contributed by atoms with Crippen molar-refractivity contribution in [3.63, 3.8) is 0 Å². The monoisotopic (exact) mass is 344 g/mol. The zero-order valence-electron chi connectivity index (χ0n) is 14.9. The number of likely N-dealkylation sites (N-methyl/N-ethyl adjacent to an activating group) is 1. The number of alkyl halides is 2. The normalized spacial score (nSPS) is 20.7. The van der Waals surface area contributed by atoms with Crippen LogP contribution in [0.2, 0.25) is 0 Å². The minimum absolute atomic E-state index is 0.344. The smallest absolute Gasteiger partial charge is 0.410 e. The van der Waals surface area contributed by atoms with E-state index in [1.165, 1.54) is 0 Å². The van der Waals surface area contributed by atoms with Gasteiger partial charge in [0.05, 0.1) is 18.8 Å². The number of amides is 1. The van der Waals surface area contributed by atoms with Gasteiger partial charge in [0.15, 0.2) is 0 Å². The third kappa shape index (κ3) is 5.15. The highest BCUT2D eigenvalue weighted by atomic mass is 19.3. The van der Waals surface area contributed by atoms with Crippen LogP contribution in [0.4, 0.5) is 13.6 Å². The highest BCUT2D eigenvalue weighted by Crippen LogP contribution is 2.33. The average molecular weight is 344 g/mol. The van der Waals surface area contributed by atoms with Crippen LogP contribution in [-0.4, -0.2) is 63.4 Å². The van der Waals surface area contributed by atoms with Crippen molar-refractivity contribution in [1.29, 1.82) is 0 Å². The van der Waals surface area contributed by atoms with Gasteiger partial charge in [0.25, 0.3) is 5.92 Å². The van der Waals surface area contributed by atoms with E-state index in [1.54, 1.807) is 31.6 Å². The molecule has 0 radical (unpaired) electrons. The number of aryl methyl sites for hydroxylation is 1. The third-order valence-corrected chi connectivity index (χ3v) is 3.74. The molecule has 1 amide bonds. The Hall–Kier alpha value is -1.70. The number of carbonyl (C=O) groups excluding carboxylic acids is 1. The summed E-state index contributed by atoms with van der Waals surface area (Å²) < 4.78 is 34.6. The Morgan fingerprint density at radius 3 is 2.71 bits per heavy atom. The van der Waals surface area contributed by atoms with Gasteiger partial charge >= 0.3 is 6.09 Å². The molecule has 1 atom stereocenters. The van der Waals surface area contributed by atoms with Gasteiger partial charge in [-0.25, -0.2) is 13.6 Å². The Labute approximate surface area is 141 Å². The number of hydrogen-bond acceptors (Lipinski definition) is 4. The first-order valence-corrected chi connectivity index (χ1v) is 7.99. The van der Waals surface area contributed by atoms with Gasteiger partial charge in [-0.2, -0.15) is 5.10 Å². The molecule has 0 aliphatic carbocycles. The molecule has 0 saturated carbocycles. The molecule has 24 heavy (non-hydrogen) atoms. The summed E-state index contributed by atoms with van der Waals surface area (Å²) in [6, 6.07) is -0.573. The summed E-state index contributed by atoms with van der Waals surface area (Å²) in [4.78, 5) is 15.3. The second-order valence-corrected chi connectivity index (χ2v) is 7.54. The first-order valence-electron chi connectivity index (χ1n) is 7.99. The zero-order chi connectivity index (χ0) is 18.1. The molecule has 1 fully saturated rings. The third-order valence-electron chi connectivity index (χ3n) is 3.74. The maximum Gasteiger partial charge on any atom is 0.410 e. The number of ether oxygens (including phenoxy) is 1. The number of hydrogen-bond donors (Lipinski definition) is 0. The van der Waals surface area contributed by atoms with Crippen LogP contribution in [-0.2, 0) is 18.3 Å². The Morgan fingerprint density at radius 2 is 2.17 bits per heavy atom. The van der Waals surface area contributed by atoms with Gasteiger partial charge in [-0.3, -0.25) is 14.5 Å². The van der Waals surface area contributed by atoms with E-state index in [-0.39, 0.29) is 6.42 Å². The van der Waals surface area contributed by atoms with Crippen molar-refractivity contribution in [2.24, 2.45) is 7.05 Å². The SMILES string of the molecule is CN(Cc1cnn(C)c1)C[C@H]1CC(F)(F)CN1C(=O)OC(C)(C)C. The Bertz CT molecular complexity index is 583. The topological polar surface area (TPSA) is 50.6 Å². The quantitative estimate of drug-likeness (QED) is 0.842. The molecular weight excluding hydrogens is 318 g/mol. The molecule has 136 valence electrons. The van der Waals surface area contributed by atoms with Crippen molar-refractivity contribution in [2.75, 3.05) is 20.1 Å². The second kappa shape index (κ2) is 6.66. The first-order chi connectivity index (χ1) is 11.0. The van der Waals surface area contributed by atoms with Gasteiger partial charge in [-0.15, -0.1) is 0 Å². The largest absolute Gasteiger partial charge is 0.444 e.